The van der Waals surface area contributed by atoms with Gasteiger partial charge in [0.1, 0.15) is 0 Å². The van der Waals surface area contributed by atoms with E-state index in [9.17, 15) is 4.79 Å². The predicted molar refractivity (Wildman–Crippen MR) is 102 cm³/mol. The highest BCUT2D eigenvalue weighted by Crippen LogP contribution is 2.28. The van der Waals surface area contributed by atoms with E-state index in [0.29, 0.717) is 0 Å². The number of carbonyl (C=O) groups is 1. The maximum atomic E-state index is 12.6. The molecular formula is C19H27N7O. The van der Waals surface area contributed by atoms with Crippen LogP contribution in [0.5, 0.6) is 0 Å². The van der Waals surface area contributed by atoms with Crippen LogP contribution >= 0.6 is 0 Å². The minimum atomic E-state index is -0.0583. The summed E-state index contributed by atoms with van der Waals surface area (Å²) in [4.78, 5) is 14.8. The van der Waals surface area contributed by atoms with Crippen molar-refractivity contribution < 1.29 is 4.79 Å². The topological polar surface area (TPSA) is 88.0 Å². The molecule has 4 rings (SSSR count). The first-order chi connectivity index (χ1) is 13.3. The SMILES string of the molecule is O=C(NC1CCN(c2cccnn2)CC1)N[C@H]1CCCC[C@H]1n1cccn1. The van der Waals surface area contributed by atoms with Crippen molar-refractivity contribution in [1.82, 2.24) is 30.6 Å². The third kappa shape index (κ3) is 4.37. The second-order valence-corrected chi connectivity index (χ2v) is 7.41. The van der Waals surface area contributed by atoms with Gasteiger partial charge in [-0.1, -0.05) is 12.8 Å². The molecule has 144 valence electrons. The first-order valence-corrected chi connectivity index (χ1v) is 9.88. The summed E-state index contributed by atoms with van der Waals surface area (Å²) >= 11 is 0. The molecule has 2 aromatic heterocycles. The Morgan fingerprint density at radius 3 is 2.63 bits per heavy atom. The van der Waals surface area contributed by atoms with Crippen LogP contribution in [0.3, 0.4) is 0 Å². The summed E-state index contributed by atoms with van der Waals surface area (Å²) in [6, 6.07) is 6.35. The molecule has 0 spiro atoms. The third-order valence-corrected chi connectivity index (χ3v) is 5.62. The maximum Gasteiger partial charge on any atom is 0.315 e. The van der Waals surface area contributed by atoms with Gasteiger partial charge in [-0.3, -0.25) is 4.68 Å². The Bertz CT molecular complexity index is 713. The minimum absolute atomic E-state index is 0.0583. The Morgan fingerprint density at radius 1 is 1.04 bits per heavy atom. The average Bonchev–Trinajstić information content (AvgIpc) is 3.24. The predicted octanol–water partition coefficient (Wildman–Crippen LogP) is 2.12. The molecule has 1 aliphatic carbocycles. The van der Waals surface area contributed by atoms with Gasteiger partial charge in [0.25, 0.3) is 0 Å². The van der Waals surface area contributed by atoms with E-state index < -0.39 is 0 Å². The van der Waals surface area contributed by atoms with Crippen LogP contribution in [0.4, 0.5) is 10.6 Å². The van der Waals surface area contributed by atoms with Crippen LogP contribution in [-0.2, 0) is 0 Å². The summed E-state index contributed by atoms with van der Waals surface area (Å²) in [6.07, 6.45) is 11.7. The van der Waals surface area contributed by atoms with E-state index >= 15 is 0 Å². The lowest BCUT2D eigenvalue weighted by Crippen LogP contribution is -2.52. The number of piperidine rings is 1. The zero-order valence-electron chi connectivity index (χ0n) is 15.5. The van der Waals surface area contributed by atoms with Gasteiger partial charge in [0.05, 0.1) is 12.1 Å². The summed E-state index contributed by atoms with van der Waals surface area (Å²) in [5, 5.41) is 18.8. The van der Waals surface area contributed by atoms with E-state index in [1.165, 1.54) is 6.42 Å². The van der Waals surface area contributed by atoms with Gasteiger partial charge in [-0.25, -0.2) is 4.79 Å². The first kappa shape index (κ1) is 17.8. The first-order valence-electron chi connectivity index (χ1n) is 9.88. The number of nitrogens with zero attached hydrogens (tertiary/aromatic N) is 5. The largest absolute Gasteiger partial charge is 0.355 e. The molecule has 0 aromatic carbocycles. The fourth-order valence-corrected chi connectivity index (χ4v) is 4.18. The van der Waals surface area contributed by atoms with Crippen LogP contribution in [0, 0.1) is 0 Å². The number of nitrogens with one attached hydrogen (secondary N) is 2. The van der Waals surface area contributed by atoms with E-state index in [-0.39, 0.29) is 24.2 Å². The van der Waals surface area contributed by atoms with Crippen molar-refractivity contribution in [3.8, 4) is 0 Å². The molecular weight excluding hydrogens is 342 g/mol. The molecule has 0 unspecified atom stereocenters. The molecule has 1 saturated heterocycles. The summed E-state index contributed by atoms with van der Waals surface area (Å²) in [5.41, 5.74) is 0. The van der Waals surface area contributed by atoms with E-state index in [1.54, 1.807) is 12.4 Å². The summed E-state index contributed by atoms with van der Waals surface area (Å²) in [6.45, 7) is 1.76. The van der Waals surface area contributed by atoms with Crippen LogP contribution in [0.25, 0.3) is 0 Å². The van der Waals surface area contributed by atoms with E-state index in [1.807, 2.05) is 29.1 Å². The van der Waals surface area contributed by atoms with E-state index in [2.05, 4.69) is 30.8 Å². The number of aromatic nitrogens is 4. The number of amides is 2. The second-order valence-electron chi connectivity index (χ2n) is 7.41. The van der Waals surface area contributed by atoms with Crippen LogP contribution in [0.1, 0.15) is 44.6 Å². The molecule has 2 amide bonds. The lowest BCUT2D eigenvalue weighted by atomic mass is 9.90. The fraction of sp³-hybridized carbons (Fsp3) is 0.579. The molecule has 1 aliphatic heterocycles. The zero-order chi connectivity index (χ0) is 18.5. The van der Waals surface area contributed by atoms with Crippen LogP contribution in [-0.4, -0.2) is 51.2 Å². The molecule has 8 nitrogen and oxygen atoms in total. The quantitative estimate of drug-likeness (QED) is 0.862. The highest BCUT2D eigenvalue weighted by molar-refractivity contribution is 5.74. The monoisotopic (exact) mass is 369 g/mol. The van der Waals surface area contributed by atoms with Gasteiger partial charge in [-0.2, -0.15) is 10.2 Å². The summed E-state index contributed by atoms with van der Waals surface area (Å²) < 4.78 is 1.99. The lowest BCUT2D eigenvalue weighted by molar-refractivity contribution is 0.209. The van der Waals surface area contributed by atoms with Crippen molar-refractivity contribution in [2.45, 2.75) is 56.7 Å². The highest BCUT2D eigenvalue weighted by atomic mass is 16.2. The standard InChI is InChI=1S/C19H27N7O/c27-19(23-16-5-1-2-6-17(16)26-12-4-11-21-26)22-15-8-13-25(14-9-15)18-7-3-10-20-24-18/h3-4,7,10-12,15-17H,1-2,5-6,8-9,13-14H2,(H2,22,23,27)/t16-,17+/m0/s1. The van der Waals surface area contributed by atoms with Gasteiger partial charge in [-0.05, 0) is 43.9 Å². The minimum Gasteiger partial charge on any atom is -0.355 e. The molecule has 2 aromatic rings. The van der Waals surface area contributed by atoms with Gasteiger partial charge in [0.2, 0.25) is 0 Å². The molecule has 0 bridgehead atoms. The lowest BCUT2D eigenvalue weighted by Gasteiger charge is -2.35. The van der Waals surface area contributed by atoms with Crippen molar-refractivity contribution in [2.75, 3.05) is 18.0 Å². The molecule has 2 atom stereocenters. The van der Waals surface area contributed by atoms with Crippen molar-refractivity contribution in [2.24, 2.45) is 0 Å². The average molecular weight is 369 g/mol. The molecule has 1 saturated carbocycles. The number of hydrogen-bond donors (Lipinski definition) is 2. The Kier molecular flexibility index (Phi) is 5.50. The fourth-order valence-electron chi connectivity index (χ4n) is 4.18. The van der Waals surface area contributed by atoms with Crippen LogP contribution in [0.2, 0.25) is 0 Å². The van der Waals surface area contributed by atoms with Crippen molar-refractivity contribution in [3.63, 3.8) is 0 Å². The Balaban J connectivity index is 1.27. The van der Waals surface area contributed by atoms with Crippen molar-refractivity contribution in [1.29, 1.82) is 0 Å². The molecule has 3 heterocycles. The van der Waals surface area contributed by atoms with Crippen LogP contribution < -0.4 is 15.5 Å². The zero-order valence-corrected chi connectivity index (χ0v) is 15.5. The maximum absolute atomic E-state index is 12.6. The normalized spacial score (nSPS) is 23.8. The smallest absolute Gasteiger partial charge is 0.315 e. The number of anilines is 1. The number of hydrogen-bond acceptors (Lipinski definition) is 5. The van der Waals surface area contributed by atoms with Crippen molar-refractivity contribution >= 4 is 11.8 Å². The number of urea groups is 1. The number of carbonyl (C=O) groups excluding carboxylic acids is 1. The van der Waals surface area contributed by atoms with Crippen LogP contribution in [0.15, 0.2) is 36.8 Å². The second kappa shape index (κ2) is 8.37. The molecule has 8 heteroatoms. The molecule has 2 N–H and O–H groups in total. The molecule has 0 radical (unpaired) electrons. The molecule has 2 fully saturated rings. The van der Waals surface area contributed by atoms with E-state index in [4.69, 9.17) is 0 Å². The summed E-state index contributed by atoms with van der Waals surface area (Å²) in [7, 11) is 0. The molecule has 2 aliphatic rings. The van der Waals surface area contributed by atoms with Gasteiger partial charge >= 0.3 is 6.03 Å². The van der Waals surface area contributed by atoms with E-state index in [0.717, 1.165) is 51.0 Å². The Morgan fingerprint density at radius 2 is 1.89 bits per heavy atom. The van der Waals surface area contributed by atoms with Crippen molar-refractivity contribution in [3.05, 3.63) is 36.8 Å². The Hall–Kier alpha value is -2.64. The Labute approximate surface area is 159 Å². The third-order valence-electron chi connectivity index (χ3n) is 5.62. The number of rotatable bonds is 4. The van der Waals surface area contributed by atoms with Gasteiger partial charge in [-0.15, -0.1) is 5.10 Å². The van der Waals surface area contributed by atoms with Gasteiger partial charge in [0, 0.05) is 37.7 Å². The van der Waals surface area contributed by atoms with Gasteiger partial charge < -0.3 is 15.5 Å². The van der Waals surface area contributed by atoms with Gasteiger partial charge in [0.15, 0.2) is 5.82 Å². The highest BCUT2D eigenvalue weighted by Gasteiger charge is 2.29. The molecule has 27 heavy (non-hydrogen) atoms. The summed E-state index contributed by atoms with van der Waals surface area (Å²) in [5.74, 6) is 0.907.